The van der Waals surface area contributed by atoms with Crippen molar-refractivity contribution >= 4 is 27.7 Å². The molecule has 0 aliphatic carbocycles. The summed E-state index contributed by atoms with van der Waals surface area (Å²) in [6.07, 6.45) is 0.219. The van der Waals surface area contributed by atoms with Crippen molar-refractivity contribution in [2.24, 2.45) is 5.73 Å². The molecule has 0 aliphatic heterocycles. The summed E-state index contributed by atoms with van der Waals surface area (Å²) in [5.74, 6) is -2.00. The lowest BCUT2D eigenvalue weighted by Gasteiger charge is -2.16. The molecule has 0 heterocycles. The molecule has 6 heteroatoms. The van der Waals surface area contributed by atoms with E-state index in [0.717, 1.165) is 10.0 Å². The predicted molar refractivity (Wildman–Crippen MR) is 84.7 cm³/mol. The monoisotopic (exact) mass is 364 g/mol. The van der Waals surface area contributed by atoms with Crippen LogP contribution in [0.5, 0.6) is 0 Å². The molecule has 2 aromatic carbocycles. The minimum atomic E-state index is -0.925. The van der Waals surface area contributed by atoms with Crippen LogP contribution in [0.4, 0.5) is 4.39 Å². The number of rotatable bonds is 5. The van der Waals surface area contributed by atoms with E-state index in [2.05, 4.69) is 21.2 Å². The molecule has 3 N–H and O–H groups in total. The lowest BCUT2D eigenvalue weighted by atomic mass is 10.0. The van der Waals surface area contributed by atoms with Crippen LogP contribution in [0.15, 0.2) is 53.0 Å². The Hall–Kier alpha value is -2.21. The Bertz CT molecular complexity index is 706. The second kappa shape index (κ2) is 7.17. The molecule has 0 saturated carbocycles. The van der Waals surface area contributed by atoms with Gasteiger partial charge in [-0.3, -0.25) is 9.59 Å². The van der Waals surface area contributed by atoms with Crippen molar-refractivity contribution in [1.29, 1.82) is 0 Å². The fraction of sp³-hybridized carbons (Fsp3) is 0.125. The van der Waals surface area contributed by atoms with Crippen LogP contribution in [0.3, 0.4) is 0 Å². The third-order valence-corrected chi connectivity index (χ3v) is 3.92. The van der Waals surface area contributed by atoms with Crippen LogP contribution >= 0.6 is 15.9 Å². The van der Waals surface area contributed by atoms with Crippen molar-refractivity contribution in [2.45, 2.75) is 12.5 Å². The molecule has 0 fully saturated rings. The number of benzene rings is 2. The molecule has 2 rings (SSSR count). The standard InChI is InChI=1S/C16H14BrFN2O2/c17-12-7-3-1-5-10(12)9-14(15(19)21)20-16(22)11-6-2-4-8-13(11)18/h1-8,14H,9H2,(H2,19,21)(H,20,22)/t14-/m1/s1. The largest absolute Gasteiger partial charge is 0.368 e. The molecule has 22 heavy (non-hydrogen) atoms. The second-order valence-corrected chi connectivity index (χ2v) is 5.56. The number of halogens is 2. The van der Waals surface area contributed by atoms with Crippen LogP contribution in [0.1, 0.15) is 15.9 Å². The first-order valence-corrected chi connectivity index (χ1v) is 7.36. The van der Waals surface area contributed by atoms with E-state index in [4.69, 9.17) is 5.73 Å². The van der Waals surface area contributed by atoms with Gasteiger partial charge in [0.15, 0.2) is 0 Å². The van der Waals surface area contributed by atoms with Gasteiger partial charge in [-0.1, -0.05) is 46.3 Å². The van der Waals surface area contributed by atoms with Gasteiger partial charge in [-0.15, -0.1) is 0 Å². The first-order valence-electron chi connectivity index (χ1n) is 6.57. The molecular formula is C16H14BrFN2O2. The highest BCUT2D eigenvalue weighted by Crippen LogP contribution is 2.17. The van der Waals surface area contributed by atoms with Crippen LogP contribution in [-0.4, -0.2) is 17.9 Å². The Labute approximate surface area is 135 Å². The summed E-state index contributed by atoms with van der Waals surface area (Å²) in [6.45, 7) is 0. The van der Waals surface area contributed by atoms with E-state index in [1.54, 1.807) is 6.07 Å². The molecular weight excluding hydrogens is 351 g/mol. The van der Waals surface area contributed by atoms with Crippen molar-refractivity contribution in [3.05, 3.63) is 69.9 Å². The zero-order valence-corrected chi connectivity index (χ0v) is 13.1. The molecule has 0 unspecified atom stereocenters. The van der Waals surface area contributed by atoms with E-state index in [9.17, 15) is 14.0 Å². The second-order valence-electron chi connectivity index (χ2n) is 4.70. The number of carbonyl (C=O) groups is 2. The lowest BCUT2D eigenvalue weighted by Crippen LogP contribution is -2.46. The maximum atomic E-state index is 13.6. The van der Waals surface area contributed by atoms with Gasteiger partial charge in [0, 0.05) is 10.9 Å². The highest BCUT2D eigenvalue weighted by molar-refractivity contribution is 9.10. The number of nitrogens with two attached hydrogens (primary N) is 1. The number of nitrogens with one attached hydrogen (secondary N) is 1. The molecule has 0 bridgehead atoms. The van der Waals surface area contributed by atoms with E-state index < -0.39 is 23.7 Å². The van der Waals surface area contributed by atoms with Gasteiger partial charge in [-0.2, -0.15) is 0 Å². The van der Waals surface area contributed by atoms with Crippen molar-refractivity contribution in [3.8, 4) is 0 Å². The van der Waals surface area contributed by atoms with Gasteiger partial charge in [0.2, 0.25) is 5.91 Å². The Morgan fingerprint density at radius 1 is 1.14 bits per heavy atom. The number of carbonyl (C=O) groups excluding carboxylic acids is 2. The van der Waals surface area contributed by atoms with E-state index in [-0.39, 0.29) is 12.0 Å². The van der Waals surface area contributed by atoms with E-state index in [1.165, 1.54) is 18.2 Å². The van der Waals surface area contributed by atoms with Crippen LogP contribution in [-0.2, 0) is 11.2 Å². The van der Waals surface area contributed by atoms with E-state index in [1.807, 2.05) is 24.3 Å². The average molecular weight is 365 g/mol. The number of hydrogen-bond acceptors (Lipinski definition) is 2. The van der Waals surface area contributed by atoms with Crippen molar-refractivity contribution < 1.29 is 14.0 Å². The van der Waals surface area contributed by atoms with E-state index in [0.29, 0.717) is 0 Å². The molecule has 4 nitrogen and oxygen atoms in total. The summed E-state index contributed by atoms with van der Waals surface area (Å²) in [5, 5.41) is 2.47. The molecule has 0 saturated heterocycles. The molecule has 1 atom stereocenters. The van der Waals surface area contributed by atoms with Gasteiger partial charge in [-0.05, 0) is 23.8 Å². The van der Waals surface area contributed by atoms with Gasteiger partial charge in [-0.25, -0.2) is 4.39 Å². The summed E-state index contributed by atoms with van der Waals surface area (Å²) in [6, 6.07) is 11.9. The van der Waals surface area contributed by atoms with Gasteiger partial charge >= 0.3 is 0 Å². The molecule has 2 aromatic rings. The zero-order chi connectivity index (χ0) is 16.1. The summed E-state index contributed by atoms with van der Waals surface area (Å²) in [5.41, 5.74) is 6.03. The molecule has 114 valence electrons. The lowest BCUT2D eigenvalue weighted by molar-refractivity contribution is -0.119. The maximum Gasteiger partial charge on any atom is 0.254 e. The third kappa shape index (κ3) is 3.92. The zero-order valence-electron chi connectivity index (χ0n) is 11.6. The first kappa shape index (κ1) is 16.2. The van der Waals surface area contributed by atoms with Gasteiger partial charge in [0.05, 0.1) is 5.56 Å². The van der Waals surface area contributed by atoms with Gasteiger partial charge in [0.1, 0.15) is 11.9 Å². The van der Waals surface area contributed by atoms with Gasteiger partial charge in [0.25, 0.3) is 5.91 Å². The Kier molecular flexibility index (Phi) is 5.27. The minimum Gasteiger partial charge on any atom is -0.368 e. The Morgan fingerprint density at radius 3 is 2.41 bits per heavy atom. The third-order valence-electron chi connectivity index (χ3n) is 3.15. The minimum absolute atomic E-state index is 0.124. The summed E-state index contributed by atoms with van der Waals surface area (Å²) in [7, 11) is 0. The Balaban J connectivity index is 2.16. The molecule has 0 spiro atoms. The fourth-order valence-corrected chi connectivity index (χ4v) is 2.43. The molecule has 0 aliphatic rings. The highest BCUT2D eigenvalue weighted by atomic mass is 79.9. The quantitative estimate of drug-likeness (QED) is 0.854. The molecule has 2 amide bonds. The highest BCUT2D eigenvalue weighted by Gasteiger charge is 2.21. The van der Waals surface area contributed by atoms with Crippen LogP contribution in [0, 0.1) is 5.82 Å². The topological polar surface area (TPSA) is 72.2 Å². The number of amides is 2. The van der Waals surface area contributed by atoms with Crippen molar-refractivity contribution in [1.82, 2.24) is 5.32 Å². The molecule has 0 aromatic heterocycles. The first-order chi connectivity index (χ1) is 10.5. The maximum absolute atomic E-state index is 13.6. The van der Waals surface area contributed by atoms with Crippen molar-refractivity contribution in [2.75, 3.05) is 0 Å². The summed E-state index contributed by atoms with van der Waals surface area (Å²) in [4.78, 5) is 23.7. The SMILES string of the molecule is NC(=O)[C@@H](Cc1ccccc1Br)NC(=O)c1ccccc1F. The van der Waals surface area contributed by atoms with Crippen LogP contribution < -0.4 is 11.1 Å². The number of hydrogen-bond donors (Lipinski definition) is 2. The molecule has 0 radical (unpaired) electrons. The van der Waals surface area contributed by atoms with Crippen LogP contribution in [0.2, 0.25) is 0 Å². The normalized spacial score (nSPS) is 11.7. The fourth-order valence-electron chi connectivity index (χ4n) is 1.99. The Morgan fingerprint density at radius 2 is 1.77 bits per heavy atom. The van der Waals surface area contributed by atoms with Crippen LogP contribution in [0.25, 0.3) is 0 Å². The summed E-state index contributed by atoms with van der Waals surface area (Å²) < 4.78 is 14.4. The van der Waals surface area contributed by atoms with Gasteiger partial charge < -0.3 is 11.1 Å². The predicted octanol–water partition coefficient (Wildman–Crippen LogP) is 2.41. The smallest absolute Gasteiger partial charge is 0.254 e. The average Bonchev–Trinajstić information content (AvgIpc) is 2.49. The summed E-state index contributed by atoms with van der Waals surface area (Å²) >= 11 is 3.37. The number of primary amides is 1. The van der Waals surface area contributed by atoms with Crippen molar-refractivity contribution in [3.63, 3.8) is 0 Å². The van der Waals surface area contributed by atoms with E-state index >= 15 is 0 Å².